The molecule has 0 aliphatic carbocycles. The summed E-state index contributed by atoms with van der Waals surface area (Å²) >= 11 is 12.1. The first-order valence-corrected chi connectivity index (χ1v) is 10.7. The van der Waals surface area contributed by atoms with Crippen molar-refractivity contribution in [2.24, 2.45) is 0 Å². The molecule has 8 nitrogen and oxygen atoms in total. The third-order valence-corrected chi connectivity index (χ3v) is 5.42. The van der Waals surface area contributed by atoms with Gasteiger partial charge in [0.05, 0.1) is 17.8 Å². The molecule has 3 amide bonds. The van der Waals surface area contributed by atoms with Gasteiger partial charge < -0.3 is 15.4 Å². The minimum atomic E-state index is -0.981. The second kappa shape index (κ2) is 9.86. The Morgan fingerprint density at radius 2 is 1.62 bits per heavy atom. The SMILES string of the molecule is COc1cccc2cc(C(=O)Nc3ccc(Cl)cc3Cl)n(NC(=O)C(=O)Nc3ccccc3)c12. The van der Waals surface area contributed by atoms with E-state index in [4.69, 9.17) is 27.9 Å². The summed E-state index contributed by atoms with van der Waals surface area (Å²) in [6, 6.07) is 19.9. The first-order chi connectivity index (χ1) is 16.4. The first-order valence-electron chi connectivity index (χ1n) is 9.99. The van der Waals surface area contributed by atoms with E-state index in [1.165, 1.54) is 17.9 Å². The maximum absolute atomic E-state index is 13.2. The fourth-order valence-corrected chi connectivity index (χ4v) is 3.77. The summed E-state index contributed by atoms with van der Waals surface area (Å²) in [5.41, 5.74) is 3.72. The van der Waals surface area contributed by atoms with Crippen molar-refractivity contribution in [1.29, 1.82) is 0 Å². The van der Waals surface area contributed by atoms with E-state index < -0.39 is 17.7 Å². The minimum Gasteiger partial charge on any atom is -0.494 e. The predicted octanol–water partition coefficient (Wildman–Crippen LogP) is 4.92. The van der Waals surface area contributed by atoms with Gasteiger partial charge in [-0.3, -0.25) is 19.8 Å². The molecule has 1 heterocycles. The summed E-state index contributed by atoms with van der Waals surface area (Å²) in [6.07, 6.45) is 0. The molecule has 0 saturated heterocycles. The van der Waals surface area contributed by atoms with Gasteiger partial charge in [0.1, 0.15) is 17.0 Å². The molecule has 0 aliphatic heterocycles. The Balaban J connectivity index is 1.69. The van der Waals surface area contributed by atoms with Gasteiger partial charge in [-0.1, -0.05) is 53.5 Å². The van der Waals surface area contributed by atoms with Crippen LogP contribution in [0.4, 0.5) is 11.4 Å². The zero-order valence-corrected chi connectivity index (χ0v) is 19.3. The van der Waals surface area contributed by atoms with E-state index in [9.17, 15) is 14.4 Å². The molecule has 172 valence electrons. The fourth-order valence-electron chi connectivity index (χ4n) is 3.31. The van der Waals surface area contributed by atoms with Crippen LogP contribution in [0.2, 0.25) is 10.0 Å². The maximum Gasteiger partial charge on any atom is 0.328 e. The Labute approximate surface area is 204 Å². The Morgan fingerprint density at radius 3 is 2.32 bits per heavy atom. The zero-order chi connectivity index (χ0) is 24.2. The van der Waals surface area contributed by atoms with Crippen molar-refractivity contribution in [1.82, 2.24) is 4.68 Å². The minimum absolute atomic E-state index is 0.0476. The number of carbonyl (C=O) groups is 3. The number of para-hydroxylation sites is 2. The molecule has 0 atom stereocenters. The molecule has 4 aromatic rings. The topological polar surface area (TPSA) is 101 Å². The van der Waals surface area contributed by atoms with Crippen LogP contribution in [0.1, 0.15) is 10.5 Å². The monoisotopic (exact) mass is 496 g/mol. The number of aromatic nitrogens is 1. The molecular weight excluding hydrogens is 479 g/mol. The normalized spacial score (nSPS) is 10.6. The fraction of sp³-hybridized carbons (Fsp3) is 0.0417. The molecule has 0 fully saturated rings. The number of amides is 3. The number of nitrogens with one attached hydrogen (secondary N) is 3. The summed E-state index contributed by atoms with van der Waals surface area (Å²) in [4.78, 5) is 38.4. The van der Waals surface area contributed by atoms with E-state index in [1.54, 1.807) is 66.7 Å². The molecule has 1 aromatic heterocycles. The molecule has 0 spiro atoms. The number of methoxy groups -OCH3 is 1. The van der Waals surface area contributed by atoms with E-state index in [1.807, 2.05) is 0 Å². The van der Waals surface area contributed by atoms with Crippen LogP contribution >= 0.6 is 23.2 Å². The van der Waals surface area contributed by atoms with Crippen molar-refractivity contribution in [2.45, 2.75) is 0 Å². The smallest absolute Gasteiger partial charge is 0.328 e. The Bertz CT molecular complexity index is 1400. The van der Waals surface area contributed by atoms with Crippen molar-refractivity contribution < 1.29 is 19.1 Å². The van der Waals surface area contributed by atoms with Crippen molar-refractivity contribution in [2.75, 3.05) is 23.2 Å². The summed E-state index contributed by atoms with van der Waals surface area (Å²) in [7, 11) is 1.46. The van der Waals surface area contributed by atoms with E-state index in [0.29, 0.717) is 33.0 Å². The molecule has 0 aliphatic rings. The lowest BCUT2D eigenvalue weighted by atomic mass is 10.2. The first kappa shape index (κ1) is 23.2. The van der Waals surface area contributed by atoms with Crippen LogP contribution in [-0.4, -0.2) is 29.5 Å². The van der Waals surface area contributed by atoms with E-state index in [0.717, 1.165) is 0 Å². The van der Waals surface area contributed by atoms with Crippen LogP contribution < -0.4 is 20.8 Å². The molecule has 0 radical (unpaired) electrons. The van der Waals surface area contributed by atoms with E-state index in [2.05, 4.69) is 16.1 Å². The van der Waals surface area contributed by atoms with Crippen LogP contribution in [0.3, 0.4) is 0 Å². The molecule has 34 heavy (non-hydrogen) atoms. The van der Waals surface area contributed by atoms with E-state index >= 15 is 0 Å². The molecule has 3 aromatic carbocycles. The highest BCUT2D eigenvalue weighted by atomic mass is 35.5. The lowest BCUT2D eigenvalue weighted by Gasteiger charge is -2.14. The molecule has 0 bridgehead atoms. The van der Waals surface area contributed by atoms with Gasteiger partial charge in [-0.25, -0.2) is 4.68 Å². The van der Waals surface area contributed by atoms with Crippen LogP contribution in [-0.2, 0) is 9.59 Å². The lowest BCUT2D eigenvalue weighted by molar-refractivity contribution is -0.133. The van der Waals surface area contributed by atoms with Crippen molar-refractivity contribution in [3.8, 4) is 5.75 Å². The summed E-state index contributed by atoms with van der Waals surface area (Å²) in [5.74, 6) is -2.07. The number of hydrogen-bond acceptors (Lipinski definition) is 4. The largest absolute Gasteiger partial charge is 0.494 e. The Morgan fingerprint density at radius 1 is 0.853 bits per heavy atom. The number of benzene rings is 3. The average molecular weight is 497 g/mol. The van der Waals surface area contributed by atoms with E-state index in [-0.39, 0.29) is 10.7 Å². The van der Waals surface area contributed by atoms with Gasteiger partial charge in [0, 0.05) is 16.1 Å². The van der Waals surface area contributed by atoms with Crippen molar-refractivity contribution in [3.05, 3.63) is 88.5 Å². The van der Waals surface area contributed by atoms with Gasteiger partial charge in [0.25, 0.3) is 5.91 Å². The number of hydrogen-bond donors (Lipinski definition) is 3. The molecular formula is C24H18Cl2N4O4. The van der Waals surface area contributed by atoms with Gasteiger partial charge in [-0.15, -0.1) is 0 Å². The van der Waals surface area contributed by atoms with Crippen molar-refractivity contribution in [3.63, 3.8) is 0 Å². The zero-order valence-electron chi connectivity index (χ0n) is 17.8. The Hall–Kier alpha value is -4.01. The van der Waals surface area contributed by atoms with Gasteiger partial charge in [0.15, 0.2) is 0 Å². The number of halogens is 2. The number of rotatable bonds is 5. The average Bonchev–Trinajstić information content (AvgIpc) is 3.20. The Kier molecular flexibility index (Phi) is 6.72. The summed E-state index contributed by atoms with van der Waals surface area (Å²) in [5, 5.41) is 6.46. The van der Waals surface area contributed by atoms with Gasteiger partial charge in [-0.2, -0.15) is 0 Å². The summed E-state index contributed by atoms with van der Waals surface area (Å²) in [6.45, 7) is 0. The van der Waals surface area contributed by atoms with Crippen LogP contribution in [0.15, 0.2) is 72.8 Å². The number of nitrogens with zero attached hydrogens (tertiary/aromatic N) is 1. The second-order valence-electron chi connectivity index (χ2n) is 7.10. The predicted molar refractivity (Wildman–Crippen MR) is 132 cm³/mol. The van der Waals surface area contributed by atoms with Crippen LogP contribution in [0.5, 0.6) is 5.75 Å². The lowest BCUT2D eigenvalue weighted by Crippen LogP contribution is -2.36. The van der Waals surface area contributed by atoms with Crippen LogP contribution in [0.25, 0.3) is 10.9 Å². The summed E-state index contributed by atoms with van der Waals surface area (Å²) < 4.78 is 6.62. The number of carbonyl (C=O) groups excluding carboxylic acids is 3. The van der Waals surface area contributed by atoms with Gasteiger partial charge in [0.2, 0.25) is 0 Å². The van der Waals surface area contributed by atoms with Crippen LogP contribution in [0, 0.1) is 0 Å². The number of ether oxygens (including phenoxy) is 1. The molecule has 4 rings (SSSR count). The number of fused-ring (bicyclic) bond motifs is 1. The highest BCUT2D eigenvalue weighted by Gasteiger charge is 2.23. The number of anilines is 2. The molecule has 0 unspecified atom stereocenters. The van der Waals surface area contributed by atoms with Gasteiger partial charge in [-0.05, 0) is 42.5 Å². The van der Waals surface area contributed by atoms with Crippen molar-refractivity contribution >= 4 is 63.2 Å². The molecule has 0 saturated carbocycles. The quantitative estimate of drug-likeness (QED) is 0.341. The third-order valence-electron chi connectivity index (χ3n) is 4.87. The highest BCUT2D eigenvalue weighted by molar-refractivity contribution is 6.42. The standard InChI is InChI=1S/C24H18Cl2N4O4/c1-34-20-9-5-6-14-12-19(22(31)28-18-11-10-15(25)13-17(18)26)30(21(14)20)29-24(33)23(32)27-16-7-3-2-4-8-16/h2-13H,1H3,(H,27,32)(H,28,31)(H,29,33). The maximum atomic E-state index is 13.2. The second-order valence-corrected chi connectivity index (χ2v) is 7.95. The molecule has 3 N–H and O–H groups in total. The third kappa shape index (κ3) is 4.83. The van der Waals surface area contributed by atoms with Gasteiger partial charge >= 0.3 is 11.8 Å². The molecule has 10 heteroatoms. The highest BCUT2D eigenvalue weighted by Crippen LogP contribution is 2.30.